The fourth-order valence-electron chi connectivity index (χ4n) is 3.08. The van der Waals surface area contributed by atoms with Gasteiger partial charge < -0.3 is 15.5 Å². The predicted molar refractivity (Wildman–Crippen MR) is 76.8 cm³/mol. The summed E-state index contributed by atoms with van der Waals surface area (Å²) in [5.41, 5.74) is 5.72. The second-order valence-electron chi connectivity index (χ2n) is 6.09. The van der Waals surface area contributed by atoms with Crippen LogP contribution in [0.25, 0.3) is 0 Å². The molecule has 0 radical (unpaired) electrons. The zero-order valence-corrected chi connectivity index (χ0v) is 11.8. The highest BCUT2D eigenvalue weighted by molar-refractivity contribution is 5.14. The lowest BCUT2D eigenvalue weighted by Gasteiger charge is -2.30. The Bertz CT molecular complexity index is 510. The molecule has 20 heavy (non-hydrogen) atoms. The van der Waals surface area contributed by atoms with Crippen molar-refractivity contribution in [1.82, 2.24) is 9.97 Å². The minimum Gasteiger partial charge on any atom is -0.477 e. The van der Waals surface area contributed by atoms with Crippen LogP contribution in [0.15, 0.2) is 10.9 Å². The van der Waals surface area contributed by atoms with Gasteiger partial charge in [-0.05, 0) is 44.1 Å². The van der Waals surface area contributed by atoms with Crippen LogP contribution in [0.2, 0.25) is 0 Å². The third-order valence-corrected chi connectivity index (χ3v) is 4.52. The zero-order chi connectivity index (χ0) is 13.9. The molecule has 1 aromatic rings. The van der Waals surface area contributed by atoms with Gasteiger partial charge in [0.2, 0.25) is 5.88 Å². The SMILES string of the molecule is NCC1CCCCC1COc1cc(=O)[nH]c(C2CC2)n1. The number of aromatic nitrogens is 2. The second-order valence-corrected chi connectivity index (χ2v) is 6.09. The number of nitrogens with zero attached hydrogens (tertiary/aromatic N) is 1. The van der Waals surface area contributed by atoms with Crippen LogP contribution in [0.5, 0.6) is 5.88 Å². The Balaban J connectivity index is 1.63. The molecule has 5 heteroatoms. The van der Waals surface area contributed by atoms with Gasteiger partial charge in [0, 0.05) is 5.92 Å². The molecule has 2 atom stereocenters. The first kappa shape index (κ1) is 13.6. The van der Waals surface area contributed by atoms with E-state index in [0.29, 0.717) is 30.2 Å². The number of nitrogens with two attached hydrogens (primary N) is 1. The molecule has 1 aromatic heterocycles. The van der Waals surface area contributed by atoms with Crippen molar-refractivity contribution in [2.45, 2.75) is 44.4 Å². The topological polar surface area (TPSA) is 81.0 Å². The maximum absolute atomic E-state index is 11.6. The number of aromatic amines is 1. The average Bonchev–Trinajstić information content (AvgIpc) is 3.29. The van der Waals surface area contributed by atoms with Gasteiger partial charge in [0.15, 0.2) is 0 Å². The summed E-state index contributed by atoms with van der Waals surface area (Å²) in [4.78, 5) is 18.8. The Morgan fingerprint density at radius 2 is 2.00 bits per heavy atom. The van der Waals surface area contributed by atoms with Gasteiger partial charge in [0.1, 0.15) is 5.82 Å². The summed E-state index contributed by atoms with van der Waals surface area (Å²) in [5.74, 6) is 2.73. The highest BCUT2D eigenvalue weighted by atomic mass is 16.5. The Kier molecular flexibility index (Phi) is 4.05. The molecular weight excluding hydrogens is 254 g/mol. The number of H-pyrrole nitrogens is 1. The molecule has 3 rings (SSSR count). The largest absolute Gasteiger partial charge is 0.477 e. The molecule has 5 nitrogen and oxygen atoms in total. The maximum Gasteiger partial charge on any atom is 0.254 e. The molecule has 2 aliphatic rings. The van der Waals surface area contributed by atoms with Gasteiger partial charge in [-0.3, -0.25) is 4.79 Å². The van der Waals surface area contributed by atoms with E-state index >= 15 is 0 Å². The van der Waals surface area contributed by atoms with Crippen LogP contribution in [0.3, 0.4) is 0 Å². The maximum atomic E-state index is 11.6. The molecule has 2 aliphatic carbocycles. The fraction of sp³-hybridized carbons (Fsp3) is 0.733. The molecule has 0 bridgehead atoms. The normalized spacial score (nSPS) is 26.4. The Hall–Kier alpha value is -1.36. The summed E-state index contributed by atoms with van der Waals surface area (Å²) in [6, 6.07) is 1.45. The Labute approximate surface area is 118 Å². The molecule has 2 saturated carbocycles. The first-order valence-electron chi connectivity index (χ1n) is 7.70. The first-order valence-corrected chi connectivity index (χ1v) is 7.70. The summed E-state index contributed by atoms with van der Waals surface area (Å²) in [7, 11) is 0. The monoisotopic (exact) mass is 277 g/mol. The van der Waals surface area contributed by atoms with Gasteiger partial charge in [0.05, 0.1) is 12.7 Å². The van der Waals surface area contributed by atoms with E-state index in [2.05, 4.69) is 9.97 Å². The second kappa shape index (κ2) is 5.95. The van der Waals surface area contributed by atoms with Crippen molar-refractivity contribution in [3.05, 3.63) is 22.2 Å². The van der Waals surface area contributed by atoms with Crippen molar-refractivity contribution in [3.8, 4) is 5.88 Å². The van der Waals surface area contributed by atoms with Crippen LogP contribution in [-0.4, -0.2) is 23.1 Å². The third kappa shape index (κ3) is 3.20. The average molecular weight is 277 g/mol. The van der Waals surface area contributed by atoms with Gasteiger partial charge in [-0.25, -0.2) is 0 Å². The molecule has 110 valence electrons. The van der Waals surface area contributed by atoms with E-state index < -0.39 is 0 Å². The van der Waals surface area contributed by atoms with Gasteiger partial charge >= 0.3 is 0 Å². The first-order chi connectivity index (χ1) is 9.76. The number of rotatable bonds is 5. The van der Waals surface area contributed by atoms with Gasteiger partial charge in [-0.2, -0.15) is 4.98 Å². The minimum absolute atomic E-state index is 0.115. The van der Waals surface area contributed by atoms with E-state index in [4.69, 9.17) is 10.5 Å². The molecule has 0 amide bonds. The highest BCUT2D eigenvalue weighted by Gasteiger charge is 2.27. The van der Waals surface area contributed by atoms with Gasteiger partial charge in [-0.1, -0.05) is 12.8 Å². The lowest BCUT2D eigenvalue weighted by atomic mass is 9.80. The zero-order valence-electron chi connectivity index (χ0n) is 11.8. The summed E-state index contributed by atoms with van der Waals surface area (Å²) in [6.07, 6.45) is 7.11. The lowest BCUT2D eigenvalue weighted by Crippen LogP contribution is -2.31. The number of nitrogens with one attached hydrogen (secondary N) is 1. The molecule has 0 spiro atoms. The van der Waals surface area contributed by atoms with Crippen LogP contribution < -0.4 is 16.0 Å². The predicted octanol–water partition coefficient (Wildman–Crippen LogP) is 1.79. The highest BCUT2D eigenvalue weighted by Crippen LogP contribution is 2.38. The molecule has 3 N–H and O–H groups in total. The van der Waals surface area contributed by atoms with Crippen LogP contribution in [0.4, 0.5) is 0 Å². The Morgan fingerprint density at radius 1 is 1.25 bits per heavy atom. The minimum atomic E-state index is -0.115. The quantitative estimate of drug-likeness (QED) is 0.859. The van der Waals surface area contributed by atoms with Crippen molar-refractivity contribution >= 4 is 0 Å². The van der Waals surface area contributed by atoms with Crippen LogP contribution in [0.1, 0.15) is 50.3 Å². The molecule has 0 saturated heterocycles. The molecule has 0 aliphatic heterocycles. The van der Waals surface area contributed by atoms with Crippen LogP contribution in [-0.2, 0) is 0 Å². The van der Waals surface area contributed by atoms with Crippen LogP contribution in [0, 0.1) is 11.8 Å². The van der Waals surface area contributed by atoms with E-state index in [1.165, 1.54) is 31.7 Å². The van der Waals surface area contributed by atoms with Gasteiger partial charge in [-0.15, -0.1) is 0 Å². The molecular formula is C15H23N3O2. The van der Waals surface area contributed by atoms with Crippen LogP contribution >= 0.6 is 0 Å². The van der Waals surface area contributed by atoms with E-state index in [1.807, 2.05) is 0 Å². The van der Waals surface area contributed by atoms with E-state index in [0.717, 1.165) is 25.2 Å². The standard InChI is InChI=1S/C15H23N3O2/c16-8-11-3-1-2-4-12(11)9-20-14-7-13(19)17-15(18-14)10-5-6-10/h7,10-12H,1-6,8-9,16H2,(H,17,18,19). The lowest BCUT2D eigenvalue weighted by molar-refractivity contribution is 0.149. The van der Waals surface area contributed by atoms with Crippen molar-refractivity contribution in [3.63, 3.8) is 0 Å². The number of hydrogen-bond acceptors (Lipinski definition) is 4. The third-order valence-electron chi connectivity index (χ3n) is 4.52. The number of ether oxygens (including phenoxy) is 1. The number of hydrogen-bond donors (Lipinski definition) is 2. The Morgan fingerprint density at radius 3 is 2.70 bits per heavy atom. The van der Waals surface area contributed by atoms with E-state index in [-0.39, 0.29) is 5.56 Å². The summed E-state index contributed by atoms with van der Waals surface area (Å²) < 4.78 is 5.79. The van der Waals surface area contributed by atoms with E-state index in [9.17, 15) is 4.79 Å². The summed E-state index contributed by atoms with van der Waals surface area (Å²) >= 11 is 0. The fourth-order valence-corrected chi connectivity index (χ4v) is 3.08. The summed E-state index contributed by atoms with van der Waals surface area (Å²) in [5, 5.41) is 0. The van der Waals surface area contributed by atoms with Crippen molar-refractivity contribution in [2.75, 3.05) is 13.2 Å². The van der Waals surface area contributed by atoms with Crippen molar-refractivity contribution < 1.29 is 4.74 Å². The van der Waals surface area contributed by atoms with Crippen molar-refractivity contribution in [1.29, 1.82) is 0 Å². The van der Waals surface area contributed by atoms with Crippen molar-refractivity contribution in [2.24, 2.45) is 17.6 Å². The molecule has 0 aromatic carbocycles. The molecule has 1 heterocycles. The van der Waals surface area contributed by atoms with Gasteiger partial charge in [0.25, 0.3) is 5.56 Å². The molecule has 2 fully saturated rings. The smallest absolute Gasteiger partial charge is 0.254 e. The van der Waals surface area contributed by atoms with E-state index in [1.54, 1.807) is 0 Å². The molecule has 2 unspecified atom stereocenters. The summed E-state index contributed by atoms with van der Waals surface area (Å²) in [6.45, 7) is 1.35.